The molecule has 14 heavy (non-hydrogen) atoms. The van der Waals surface area contributed by atoms with Gasteiger partial charge in [0.25, 0.3) is 0 Å². The third-order valence-electron chi connectivity index (χ3n) is 0.667. The highest BCUT2D eigenvalue weighted by molar-refractivity contribution is 4.99. The lowest BCUT2D eigenvalue weighted by molar-refractivity contribution is 0.505. The minimum atomic E-state index is 2.00. The van der Waals surface area contributed by atoms with Crippen molar-refractivity contribution in [2.75, 3.05) is 42.3 Å². The van der Waals surface area contributed by atoms with Gasteiger partial charge in [-0.05, 0) is 42.3 Å². The van der Waals surface area contributed by atoms with E-state index in [9.17, 15) is 0 Å². The maximum Gasteiger partial charge on any atom is -0.0140 e. The third-order valence-corrected chi connectivity index (χ3v) is 0.667. The van der Waals surface area contributed by atoms with Crippen LogP contribution in [0, 0.1) is 0 Å². The van der Waals surface area contributed by atoms with Crippen LogP contribution in [0.5, 0.6) is 0 Å². The van der Waals surface area contributed by atoms with Gasteiger partial charge in [-0.2, -0.15) is 0 Å². The van der Waals surface area contributed by atoms with Gasteiger partial charge in [0.1, 0.15) is 0 Å². The molecule has 0 fully saturated rings. The van der Waals surface area contributed by atoms with Crippen LogP contribution in [0.4, 0.5) is 0 Å². The van der Waals surface area contributed by atoms with Gasteiger partial charge in [-0.25, -0.2) is 0 Å². The molecule has 1 rings (SSSR count). The van der Waals surface area contributed by atoms with Crippen LogP contribution in [-0.2, 0) is 0 Å². The lowest BCUT2D eigenvalue weighted by Crippen LogP contribution is -1.99. The highest BCUT2D eigenvalue weighted by Gasteiger charge is 1.58. The SMILES string of the molecule is CN(C)C.CN(C)C.c1ccccc1. The summed E-state index contributed by atoms with van der Waals surface area (Å²) in [5.74, 6) is 0. The summed E-state index contributed by atoms with van der Waals surface area (Å²) in [6, 6.07) is 12.0. The Morgan fingerprint density at radius 2 is 0.500 bits per heavy atom. The van der Waals surface area contributed by atoms with Gasteiger partial charge in [0.2, 0.25) is 0 Å². The number of rotatable bonds is 0. The van der Waals surface area contributed by atoms with Crippen LogP contribution in [-0.4, -0.2) is 52.1 Å². The maximum atomic E-state index is 2.00. The fraction of sp³-hybridized carbons (Fsp3) is 0.500. The first kappa shape index (κ1) is 15.6. The quantitative estimate of drug-likeness (QED) is 0.626. The van der Waals surface area contributed by atoms with E-state index in [0.717, 1.165) is 0 Å². The van der Waals surface area contributed by atoms with E-state index < -0.39 is 0 Å². The summed E-state index contributed by atoms with van der Waals surface area (Å²) in [5, 5.41) is 0. The summed E-state index contributed by atoms with van der Waals surface area (Å²) in [7, 11) is 12.0. The zero-order valence-electron chi connectivity index (χ0n) is 10.4. The van der Waals surface area contributed by atoms with E-state index in [-0.39, 0.29) is 0 Å². The number of hydrogen-bond acceptors (Lipinski definition) is 2. The Hall–Kier alpha value is -0.860. The molecular formula is C12H24N2. The van der Waals surface area contributed by atoms with Gasteiger partial charge in [-0.15, -0.1) is 0 Å². The zero-order valence-corrected chi connectivity index (χ0v) is 10.4. The maximum absolute atomic E-state index is 2.00. The molecule has 0 aliphatic rings. The second kappa shape index (κ2) is 12.1. The van der Waals surface area contributed by atoms with Gasteiger partial charge in [0.05, 0.1) is 0 Å². The molecule has 0 N–H and O–H groups in total. The molecule has 82 valence electrons. The van der Waals surface area contributed by atoms with Crippen LogP contribution in [0.15, 0.2) is 36.4 Å². The highest BCUT2D eigenvalue weighted by Crippen LogP contribution is 1.79. The molecule has 2 nitrogen and oxygen atoms in total. The third kappa shape index (κ3) is 43.4. The first-order valence-corrected chi connectivity index (χ1v) is 4.68. The van der Waals surface area contributed by atoms with Crippen molar-refractivity contribution in [2.24, 2.45) is 0 Å². The predicted molar refractivity (Wildman–Crippen MR) is 65.7 cm³/mol. The minimum absolute atomic E-state index is 2.00. The molecule has 1 aromatic rings. The molecule has 0 spiro atoms. The molecule has 1 aromatic carbocycles. The number of nitrogens with zero attached hydrogens (tertiary/aromatic N) is 2. The predicted octanol–water partition coefficient (Wildman–Crippen LogP) is 2.04. The first-order chi connectivity index (χ1) is 6.46. The van der Waals surface area contributed by atoms with Crippen LogP contribution < -0.4 is 0 Å². The Labute approximate surface area is 89.2 Å². The van der Waals surface area contributed by atoms with Crippen molar-refractivity contribution in [1.29, 1.82) is 0 Å². The van der Waals surface area contributed by atoms with Crippen molar-refractivity contribution in [2.45, 2.75) is 0 Å². The summed E-state index contributed by atoms with van der Waals surface area (Å²) < 4.78 is 0. The van der Waals surface area contributed by atoms with Crippen molar-refractivity contribution in [3.63, 3.8) is 0 Å². The second-order valence-electron chi connectivity index (χ2n) is 3.84. The largest absolute Gasteiger partial charge is 0.312 e. The molecule has 0 saturated heterocycles. The van der Waals surface area contributed by atoms with Crippen LogP contribution in [0.2, 0.25) is 0 Å². The summed E-state index contributed by atoms with van der Waals surface area (Å²) in [5.41, 5.74) is 0. The second-order valence-corrected chi connectivity index (χ2v) is 3.84. The molecule has 0 radical (unpaired) electrons. The fourth-order valence-corrected chi connectivity index (χ4v) is 0.385. The van der Waals surface area contributed by atoms with E-state index in [4.69, 9.17) is 0 Å². The Kier molecular flexibility index (Phi) is 13.5. The summed E-state index contributed by atoms with van der Waals surface area (Å²) in [6.45, 7) is 0. The molecule has 0 aliphatic heterocycles. The van der Waals surface area contributed by atoms with Crippen molar-refractivity contribution in [3.05, 3.63) is 36.4 Å². The van der Waals surface area contributed by atoms with Crippen LogP contribution in [0.25, 0.3) is 0 Å². The van der Waals surface area contributed by atoms with E-state index in [2.05, 4.69) is 0 Å². The molecule has 0 atom stereocenters. The first-order valence-electron chi connectivity index (χ1n) is 4.68. The standard InChI is InChI=1S/C6H6.2C3H9N/c1-2-4-6-5-3-1;2*1-4(2)3/h1-6H;2*1-3H3. The van der Waals surface area contributed by atoms with Gasteiger partial charge in [-0.1, -0.05) is 36.4 Å². The lowest BCUT2D eigenvalue weighted by atomic mass is 10.4. The van der Waals surface area contributed by atoms with Crippen molar-refractivity contribution < 1.29 is 0 Å². The van der Waals surface area contributed by atoms with Crippen LogP contribution in [0.3, 0.4) is 0 Å². The molecule has 0 unspecified atom stereocenters. The Balaban J connectivity index is 0. The van der Waals surface area contributed by atoms with E-state index in [0.29, 0.717) is 0 Å². The van der Waals surface area contributed by atoms with Crippen molar-refractivity contribution in [1.82, 2.24) is 9.80 Å². The minimum Gasteiger partial charge on any atom is -0.312 e. The van der Waals surface area contributed by atoms with Crippen molar-refractivity contribution in [3.8, 4) is 0 Å². The Morgan fingerprint density at radius 3 is 0.571 bits per heavy atom. The molecular weight excluding hydrogens is 172 g/mol. The van der Waals surface area contributed by atoms with Gasteiger partial charge in [0, 0.05) is 0 Å². The Morgan fingerprint density at radius 1 is 0.429 bits per heavy atom. The fourth-order valence-electron chi connectivity index (χ4n) is 0.385. The Bertz CT molecular complexity index is 133. The van der Waals surface area contributed by atoms with E-state index in [1.807, 2.05) is 88.5 Å². The zero-order chi connectivity index (χ0) is 11.4. The average molecular weight is 196 g/mol. The van der Waals surface area contributed by atoms with Crippen LogP contribution in [0.1, 0.15) is 0 Å². The smallest absolute Gasteiger partial charge is 0.0140 e. The van der Waals surface area contributed by atoms with Gasteiger partial charge >= 0.3 is 0 Å². The number of hydrogen-bond donors (Lipinski definition) is 0. The molecule has 0 saturated carbocycles. The summed E-state index contributed by atoms with van der Waals surface area (Å²) in [6.07, 6.45) is 0. The lowest BCUT2D eigenvalue weighted by Gasteiger charge is -1.90. The molecule has 0 bridgehead atoms. The molecule has 0 aromatic heterocycles. The highest BCUT2D eigenvalue weighted by atomic mass is 15.0. The molecule has 0 aliphatic carbocycles. The number of benzene rings is 1. The van der Waals surface area contributed by atoms with E-state index in [1.54, 1.807) is 0 Å². The molecule has 0 amide bonds. The summed E-state index contributed by atoms with van der Waals surface area (Å²) >= 11 is 0. The van der Waals surface area contributed by atoms with E-state index >= 15 is 0 Å². The topological polar surface area (TPSA) is 6.48 Å². The average Bonchev–Trinajstić information content (AvgIpc) is 2.05. The van der Waals surface area contributed by atoms with Crippen LogP contribution >= 0.6 is 0 Å². The molecule has 2 heteroatoms. The summed E-state index contributed by atoms with van der Waals surface area (Å²) in [4.78, 5) is 4.00. The normalized spacial score (nSPS) is 8.57. The molecule has 0 heterocycles. The van der Waals surface area contributed by atoms with Gasteiger partial charge < -0.3 is 9.80 Å². The van der Waals surface area contributed by atoms with E-state index in [1.165, 1.54) is 0 Å². The van der Waals surface area contributed by atoms with Crippen molar-refractivity contribution >= 4 is 0 Å². The van der Waals surface area contributed by atoms with Gasteiger partial charge in [-0.3, -0.25) is 0 Å². The van der Waals surface area contributed by atoms with Gasteiger partial charge in [0.15, 0.2) is 0 Å². The monoisotopic (exact) mass is 196 g/mol.